The SMILES string of the molecule is Cc1nn(C)c(CC(=O)c2csc(CCN)n2)c1Cl. The van der Waals surface area contributed by atoms with E-state index in [1.165, 1.54) is 11.3 Å². The van der Waals surface area contributed by atoms with Crippen molar-refractivity contribution in [2.24, 2.45) is 12.8 Å². The van der Waals surface area contributed by atoms with Gasteiger partial charge in [0.1, 0.15) is 5.69 Å². The van der Waals surface area contributed by atoms with E-state index in [9.17, 15) is 4.79 Å². The van der Waals surface area contributed by atoms with Crippen LogP contribution in [0, 0.1) is 6.92 Å². The van der Waals surface area contributed by atoms with Crippen LogP contribution in [0.2, 0.25) is 5.02 Å². The average molecular weight is 299 g/mol. The summed E-state index contributed by atoms with van der Waals surface area (Å²) in [5.74, 6) is -0.0515. The fraction of sp³-hybridized carbons (Fsp3) is 0.417. The standard InChI is InChI=1S/C12H15ClN4OS/c1-7-12(13)9(17(2)16-7)5-10(18)8-6-19-11(15-8)3-4-14/h6H,3-5,14H2,1-2H3. The Balaban J connectivity index is 2.16. The van der Waals surface area contributed by atoms with Crippen LogP contribution in [0.25, 0.3) is 0 Å². The molecule has 2 heterocycles. The fourth-order valence-corrected chi connectivity index (χ4v) is 2.84. The van der Waals surface area contributed by atoms with E-state index in [0.29, 0.717) is 23.7 Å². The molecule has 7 heteroatoms. The smallest absolute Gasteiger partial charge is 0.188 e. The van der Waals surface area contributed by atoms with Crippen LogP contribution in [0.5, 0.6) is 0 Å². The monoisotopic (exact) mass is 298 g/mol. The van der Waals surface area contributed by atoms with Crippen molar-refractivity contribution in [3.63, 3.8) is 0 Å². The minimum Gasteiger partial charge on any atom is -0.330 e. The van der Waals surface area contributed by atoms with Crippen molar-refractivity contribution in [1.29, 1.82) is 0 Å². The third-order valence-corrected chi connectivity index (χ3v) is 4.19. The molecule has 0 fully saturated rings. The van der Waals surface area contributed by atoms with Gasteiger partial charge < -0.3 is 5.73 Å². The predicted octanol–water partition coefficient (Wildman–Crippen LogP) is 1.77. The van der Waals surface area contributed by atoms with Gasteiger partial charge in [0.15, 0.2) is 5.78 Å². The molecule has 0 unspecified atom stereocenters. The maximum atomic E-state index is 12.2. The van der Waals surface area contributed by atoms with Crippen LogP contribution >= 0.6 is 22.9 Å². The first-order valence-corrected chi connectivity index (χ1v) is 7.14. The molecule has 19 heavy (non-hydrogen) atoms. The van der Waals surface area contributed by atoms with Gasteiger partial charge in [-0.3, -0.25) is 9.48 Å². The lowest BCUT2D eigenvalue weighted by Gasteiger charge is -2.00. The Morgan fingerprint density at radius 3 is 2.89 bits per heavy atom. The van der Waals surface area contributed by atoms with Gasteiger partial charge >= 0.3 is 0 Å². The number of Topliss-reactive ketones (excluding diaryl/α,β-unsaturated/α-hetero) is 1. The molecule has 0 saturated carbocycles. The van der Waals surface area contributed by atoms with E-state index < -0.39 is 0 Å². The molecular weight excluding hydrogens is 284 g/mol. The van der Waals surface area contributed by atoms with Gasteiger partial charge in [0.2, 0.25) is 0 Å². The van der Waals surface area contributed by atoms with E-state index in [1.54, 1.807) is 17.1 Å². The summed E-state index contributed by atoms with van der Waals surface area (Å²) in [7, 11) is 1.78. The summed E-state index contributed by atoms with van der Waals surface area (Å²) in [6.07, 6.45) is 0.908. The third-order valence-electron chi connectivity index (χ3n) is 2.79. The molecule has 0 radical (unpaired) electrons. The number of carbonyl (C=O) groups excluding carboxylic acids is 1. The van der Waals surface area contributed by atoms with E-state index in [2.05, 4.69) is 10.1 Å². The van der Waals surface area contributed by atoms with E-state index >= 15 is 0 Å². The van der Waals surface area contributed by atoms with Crippen LogP contribution in [0.1, 0.15) is 26.9 Å². The highest BCUT2D eigenvalue weighted by Gasteiger charge is 2.17. The number of hydrogen-bond donors (Lipinski definition) is 1. The molecule has 0 aromatic carbocycles. The van der Waals surface area contributed by atoms with Crippen LogP contribution in [-0.2, 0) is 19.9 Å². The molecule has 0 spiro atoms. The summed E-state index contributed by atoms with van der Waals surface area (Å²) in [5, 5.41) is 7.39. The van der Waals surface area contributed by atoms with Crippen molar-refractivity contribution in [3.05, 3.63) is 32.5 Å². The lowest BCUT2D eigenvalue weighted by Crippen LogP contribution is -2.09. The van der Waals surface area contributed by atoms with E-state index in [-0.39, 0.29) is 12.2 Å². The minimum absolute atomic E-state index is 0.0515. The highest BCUT2D eigenvalue weighted by Crippen LogP contribution is 2.21. The quantitative estimate of drug-likeness (QED) is 0.854. The number of hydrogen-bond acceptors (Lipinski definition) is 5. The fourth-order valence-electron chi connectivity index (χ4n) is 1.79. The Bertz CT molecular complexity index is 605. The molecule has 5 nitrogen and oxygen atoms in total. The van der Waals surface area contributed by atoms with Crippen molar-refractivity contribution in [2.75, 3.05) is 6.54 Å². The normalized spacial score (nSPS) is 10.9. The zero-order valence-electron chi connectivity index (χ0n) is 10.8. The molecule has 2 aromatic rings. The summed E-state index contributed by atoms with van der Waals surface area (Å²) in [4.78, 5) is 16.4. The summed E-state index contributed by atoms with van der Waals surface area (Å²) in [6, 6.07) is 0. The molecule has 2 rings (SSSR count). The van der Waals surface area contributed by atoms with Crippen LogP contribution in [-0.4, -0.2) is 27.1 Å². The number of thiazole rings is 1. The second-order valence-electron chi connectivity index (χ2n) is 4.23. The Morgan fingerprint density at radius 1 is 1.58 bits per heavy atom. The Labute approximate surface area is 120 Å². The van der Waals surface area contributed by atoms with E-state index in [0.717, 1.165) is 16.4 Å². The molecule has 0 bridgehead atoms. The van der Waals surface area contributed by atoms with Gasteiger partial charge in [-0.1, -0.05) is 11.6 Å². The number of carbonyl (C=O) groups is 1. The number of rotatable bonds is 5. The molecule has 0 atom stereocenters. The first-order chi connectivity index (χ1) is 9.02. The van der Waals surface area contributed by atoms with Crippen molar-refractivity contribution < 1.29 is 4.79 Å². The summed E-state index contributed by atoms with van der Waals surface area (Å²) >= 11 is 7.59. The summed E-state index contributed by atoms with van der Waals surface area (Å²) < 4.78 is 1.64. The van der Waals surface area contributed by atoms with Gasteiger partial charge in [-0.2, -0.15) is 5.10 Å². The summed E-state index contributed by atoms with van der Waals surface area (Å²) in [6.45, 7) is 2.35. The molecule has 0 aliphatic heterocycles. The largest absolute Gasteiger partial charge is 0.330 e. The molecule has 2 aromatic heterocycles. The molecule has 0 saturated heterocycles. The van der Waals surface area contributed by atoms with Crippen molar-refractivity contribution in [3.8, 4) is 0 Å². The van der Waals surface area contributed by atoms with Gasteiger partial charge in [0.25, 0.3) is 0 Å². The molecule has 0 amide bonds. The van der Waals surface area contributed by atoms with Gasteiger partial charge in [0, 0.05) is 18.8 Å². The van der Waals surface area contributed by atoms with Crippen LogP contribution in [0.3, 0.4) is 0 Å². The first-order valence-electron chi connectivity index (χ1n) is 5.88. The van der Waals surface area contributed by atoms with Crippen LogP contribution in [0.15, 0.2) is 5.38 Å². The topological polar surface area (TPSA) is 73.8 Å². The maximum absolute atomic E-state index is 12.2. The minimum atomic E-state index is -0.0515. The van der Waals surface area contributed by atoms with Crippen molar-refractivity contribution in [2.45, 2.75) is 19.8 Å². The zero-order valence-corrected chi connectivity index (χ0v) is 12.4. The number of aromatic nitrogens is 3. The highest BCUT2D eigenvalue weighted by molar-refractivity contribution is 7.09. The summed E-state index contributed by atoms with van der Waals surface area (Å²) in [5.41, 5.74) is 7.39. The Hall–Kier alpha value is -1.24. The lowest BCUT2D eigenvalue weighted by molar-refractivity contribution is 0.0986. The highest BCUT2D eigenvalue weighted by atomic mass is 35.5. The number of halogens is 1. The second kappa shape index (κ2) is 5.81. The van der Waals surface area contributed by atoms with Crippen molar-refractivity contribution >= 4 is 28.7 Å². The number of nitrogens with two attached hydrogens (primary N) is 1. The van der Waals surface area contributed by atoms with Crippen molar-refractivity contribution in [1.82, 2.24) is 14.8 Å². The van der Waals surface area contributed by atoms with E-state index in [4.69, 9.17) is 17.3 Å². The molecule has 0 aliphatic rings. The van der Waals surface area contributed by atoms with Gasteiger partial charge in [-0.15, -0.1) is 11.3 Å². The number of aryl methyl sites for hydroxylation is 2. The van der Waals surface area contributed by atoms with Crippen LogP contribution in [0.4, 0.5) is 0 Å². The van der Waals surface area contributed by atoms with Gasteiger partial charge in [-0.25, -0.2) is 4.98 Å². The van der Waals surface area contributed by atoms with Crippen LogP contribution < -0.4 is 5.73 Å². The number of nitrogens with zero attached hydrogens (tertiary/aromatic N) is 3. The molecule has 0 aliphatic carbocycles. The molecule has 102 valence electrons. The second-order valence-corrected chi connectivity index (χ2v) is 5.56. The molecular formula is C12H15ClN4OS. The third kappa shape index (κ3) is 3.02. The zero-order chi connectivity index (χ0) is 14.0. The van der Waals surface area contributed by atoms with Gasteiger partial charge in [0.05, 0.1) is 27.8 Å². The predicted molar refractivity (Wildman–Crippen MR) is 75.9 cm³/mol. The Morgan fingerprint density at radius 2 is 2.32 bits per heavy atom. The molecule has 2 N–H and O–H groups in total. The van der Waals surface area contributed by atoms with Gasteiger partial charge in [-0.05, 0) is 13.5 Å². The van der Waals surface area contributed by atoms with E-state index in [1.807, 2.05) is 6.92 Å². The number of ketones is 1. The lowest BCUT2D eigenvalue weighted by atomic mass is 10.1. The maximum Gasteiger partial charge on any atom is 0.188 e. The Kier molecular flexibility index (Phi) is 4.34. The average Bonchev–Trinajstić information content (AvgIpc) is 2.91. The first kappa shape index (κ1) is 14.2.